The standard InChI is InChI=1S/C11H15BrN2/c1-3-9(12)11-7(2)8-6-13-5-4-10(8)14-11/h3,13-14H,4-6H2,1-2H3/b9-3+. The van der Waals surface area contributed by atoms with Crippen molar-refractivity contribution in [3.8, 4) is 0 Å². The van der Waals surface area contributed by atoms with Crippen LogP contribution in [0.4, 0.5) is 0 Å². The van der Waals surface area contributed by atoms with Crippen LogP contribution in [-0.4, -0.2) is 11.5 Å². The van der Waals surface area contributed by atoms with Gasteiger partial charge in [-0.1, -0.05) is 6.08 Å². The lowest BCUT2D eigenvalue weighted by atomic mass is 10.1. The van der Waals surface area contributed by atoms with Gasteiger partial charge in [0.25, 0.3) is 0 Å². The molecule has 0 saturated heterocycles. The van der Waals surface area contributed by atoms with Crippen LogP contribution >= 0.6 is 15.9 Å². The van der Waals surface area contributed by atoms with E-state index < -0.39 is 0 Å². The molecule has 0 radical (unpaired) electrons. The van der Waals surface area contributed by atoms with E-state index in [0.717, 1.165) is 24.0 Å². The molecule has 0 unspecified atom stereocenters. The molecule has 1 aromatic heterocycles. The van der Waals surface area contributed by atoms with Crippen molar-refractivity contribution in [1.82, 2.24) is 10.3 Å². The fraction of sp³-hybridized carbons (Fsp3) is 0.455. The average Bonchev–Trinajstić information content (AvgIpc) is 2.56. The van der Waals surface area contributed by atoms with E-state index in [0.29, 0.717) is 0 Å². The van der Waals surface area contributed by atoms with Crippen LogP contribution in [0, 0.1) is 6.92 Å². The number of fused-ring (bicyclic) bond motifs is 1. The van der Waals surface area contributed by atoms with E-state index >= 15 is 0 Å². The number of halogens is 1. The van der Waals surface area contributed by atoms with Crippen LogP contribution in [0.3, 0.4) is 0 Å². The molecule has 2 heterocycles. The Morgan fingerprint density at radius 1 is 1.50 bits per heavy atom. The van der Waals surface area contributed by atoms with Gasteiger partial charge in [-0.15, -0.1) is 0 Å². The highest BCUT2D eigenvalue weighted by molar-refractivity contribution is 9.15. The molecular formula is C11H15BrN2. The Hall–Kier alpha value is -0.540. The Kier molecular flexibility index (Phi) is 2.79. The van der Waals surface area contributed by atoms with Crippen LogP contribution in [0.5, 0.6) is 0 Å². The van der Waals surface area contributed by atoms with Crippen molar-refractivity contribution >= 4 is 20.4 Å². The molecule has 0 atom stereocenters. The van der Waals surface area contributed by atoms with Gasteiger partial charge in [0.05, 0.1) is 5.69 Å². The van der Waals surface area contributed by atoms with Crippen LogP contribution < -0.4 is 5.32 Å². The highest BCUT2D eigenvalue weighted by Crippen LogP contribution is 2.29. The molecule has 1 aliphatic rings. The van der Waals surface area contributed by atoms with Gasteiger partial charge in [-0.05, 0) is 40.9 Å². The van der Waals surface area contributed by atoms with Gasteiger partial charge in [0.15, 0.2) is 0 Å². The highest BCUT2D eigenvalue weighted by atomic mass is 79.9. The fourth-order valence-corrected chi connectivity index (χ4v) is 2.36. The van der Waals surface area contributed by atoms with Gasteiger partial charge in [-0.2, -0.15) is 0 Å². The van der Waals surface area contributed by atoms with Crippen LogP contribution in [0.15, 0.2) is 6.08 Å². The second-order valence-corrected chi connectivity index (χ2v) is 4.50. The van der Waals surface area contributed by atoms with Gasteiger partial charge in [-0.3, -0.25) is 0 Å². The summed E-state index contributed by atoms with van der Waals surface area (Å²) in [4.78, 5) is 3.50. The third kappa shape index (κ3) is 1.55. The molecule has 0 amide bonds. The molecule has 2 nitrogen and oxygen atoms in total. The van der Waals surface area contributed by atoms with Crippen LogP contribution in [0.1, 0.15) is 29.4 Å². The minimum absolute atomic E-state index is 1.00. The van der Waals surface area contributed by atoms with Crippen molar-refractivity contribution in [2.24, 2.45) is 0 Å². The Morgan fingerprint density at radius 2 is 2.29 bits per heavy atom. The van der Waals surface area contributed by atoms with Crippen molar-refractivity contribution in [2.75, 3.05) is 6.54 Å². The zero-order valence-electron chi connectivity index (χ0n) is 8.58. The predicted molar refractivity (Wildman–Crippen MR) is 63.5 cm³/mol. The van der Waals surface area contributed by atoms with Crippen LogP contribution in [-0.2, 0) is 13.0 Å². The molecule has 0 saturated carbocycles. The molecular weight excluding hydrogens is 240 g/mol. The van der Waals surface area contributed by atoms with Gasteiger partial charge < -0.3 is 10.3 Å². The molecule has 14 heavy (non-hydrogen) atoms. The second-order valence-electron chi connectivity index (χ2n) is 3.65. The first kappa shape index (κ1) is 9.99. The minimum Gasteiger partial charge on any atom is -0.357 e. The zero-order chi connectivity index (χ0) is 10.1. The van der Waals surface area contributed by atoms with Crippen LogP contribution in [0.25, 0.3) is 4.48 Å². The van der Waals surface area contributed by atoms with E-state index in [9.17, 15) is 0 Å². The van der Waals surface area contributed by atoms with Crippen molar-refractivity contribution in [2.45, 2.75) is 26.8 Å². The fourth-order valence-electron chi connectivity index (χ4n) is 1.96. The quantitative estimate of drug-likeness (QED) is 0.793. The molecule has 0 aromatic carbocycles. The lowest BCUT2D eigenvalue weighted by Gasteiger charge is -2.12. The van der Waals surface area contributed by atoms with Crippen LogP contribution in [0.2, 0.25) is 0 Å². The van der Waals surface area contributed by atoms with Crippen molar-refractivity contribution in [1.29, 1.82) is 0 Å². The molecule has 0 spiro atoms. The SMILES string of the molecule is C/C=C(/Br)c1[nH]c2c(c1C)CNCC2. The molecule has 2 N–H and O–H groups in total. The molecule has 0 bridgehead atoms. The van der Waals surface area contributed by atoms with E-state index in [1.807, 2.05) is 6.92 Å². The number of aromatic nitrogens is 1. The maximum Gasteiger partial charge on any atom is 0.0556 e. The maximum atomic E-state index is 3.57. The van der Waals surface area contributed by atoms with E-state index in [1.165, 1.54) is 22.5 Å². The summed E-state index contributed by atoms with van der Waals surface area (Å²) in [5.74, 6) is 0. The first-order valence-corrected chi connectivity index (χ1v) is 5.76. The average molecular weight is 255 g/mol. The lowest BCUT2D eigenvalue weighted by Crippen LogP contribution is -2.23. The summed E-state index contributed by atoms with van der Waals surface area (Å²) < 4.78 is 1.16. The van der Waals surface area contributed by atoms with Crippen molar-refractivity contribution in [3.05, 3.63) is 28.6 Å². The summed E-state index contributed by atoms with van der Waals surface area (Å²) >= 11 is 3.57. The van der Waals surface area contributed by atoms with Gasteiger partial charge in [-0.25, -0.2) is 0 Å². The lowest BCUT2D eigenvalue weighted by molar-refractivity contribution is 0.636. The third-order valence-corrected chi connectivity index (χ3v) is 3.67. The van der Waals surface area contributed by atoms with E-state index in [4.69, 9.17) is 0 Å². The largest absolute Gasteiger partial charge is 0.357 e. The minimum atomic E-state index is 1.00. The summed E-state index contributed by atoms with van der Waals surface area (Å²) in [5, 5.41) is 3.40. The zero-order valence-corrected chi connectivity index (χ0v) is 10.2. The number of allylic oxidation sites excluding steroid dienone is 1. The molecule has 0 fully saturated rings. The summed E-state index contributed by atoms with van der Waals surface area (Å²) in [7, 11) is 0. The Morgan fingerprint density at radius 3 is 2.93 bits per heavy atom. The molecule has 1 aromatic rings. The Labute approximate surface area is 92.9 Å². The molecule has 0 aliphatic carbocycles. The van der Waals surface area contributed by atoms with Crippen molar-refractivity contribution in [3.63, 3.8) is 0 Å². The Bertz CT molecular complexity index is 377. The number of rotatable bonds is 1. The van der Waals surface area contributed by atoms with Crippen molar-refractivity contribution < 1.29 is 0 Å². The summed E-state index contributed by atoms with van der Waals surface area (Å²) in [5.41, 5.74) is 5.46. The third-order valence-electron chi connectivity index (χ3n) is 2.81. The summed E-state index contributed by atoms with van der Waals surface area (Å²) in [6.45, 7) is 6.31. The van der Waals surface area contributed by atoms with E-state index in [2.05, 4.69) is 39.2 Å². The smallest absolute Gasteiger partial charge is 0.0556 e. The normalized spacial score (nSPS) is 16.9. The second kappa shape index (κ2) is 3.91. The molecule has 1 aliphatic heterocycles. The highest BCUT2D eigenvalue weighted by Gasteiger charge is 2.17. The number of hydrogen-bond acceptors (Lipinski definition) is 1. The molecule has 3 heteroatoms. The van der Waals surface area contributed by atoms with E-state index in [1.54, 1.807) is 0 Å². The maximum absolute atomic E-state index is 3.57. The Balaban J connectivity index is 2.48. The summed E-state index contributed by atoms with van der Waals surface area (Å²) in [6, 6.07) is 0. The summed E-state index contributed by atoms with van der Waals surface area (Å²) in [6.07, 6.45) is 3.19. The number of nitrogens with one attached hydrogen (secondary N) is 2. The predicted octanol–water partition coefficient (Wildman–Crippen LogP) is 2.72. The first-order valence-electron chi connectivity index (χ1n) is 4.97. The molecule has 2 rings (SSSR count). The van der Waals surface area contributed by atoms with Gasteiger partial charge in [0.1, 0.15) is 0 Å². The number of H-pyrrole nitrogens is 1. The first-order chi connectivity index (χ1) is 6.74. The van der Waals surface area contributed by atoms with Gasteiger partial charge >= 0.3 is 0 Å². The van der Waals surface area contributed by atoms with E-state index in [-0.39, 0.29) is 0 Å². The molecule has 76 valence electrons. The monoisotopic (exact) mass is 254 g/mol. The topological polar surface area (TPSA) is 27.8 Å². The van der Waals surface area contributed by atoms with Gasteiger partial charge in [0, 0.05) is 29.7 Å². The van der Waals surface area contributed by atoms with Gasteiger partial charge in [0.2, 0.25) is 0 Å². The number of aromatic amines is 1. The number of hydrogen-bond donors (Lipinski definition) is 2.